The van der Waals surface area contributed by atoms with E-state index in [-0.39, 0.29) is 5.56 Å². The van der Waals surface area contributed by atoms with E-state index in [0.717, 1.165) is 5.56 Å². The summed E-state index contributed by atoms with van der Waals surface area (Å²) in [4.78, 5) is 10.9. The van der Waals surface area contributed by atoms with Gasteiger partial charge in [0.15, 0.2) is 11.5 Å². The lowest BCUT2D eigenvalue weighted by molar-refractivity contribution is 0.0697. The Bertz CT molecular complexity index is 698. The Labute approximate surface area is 128 Å². The molecule has 0 unspecified atom stereocenters. The van der Waals surface area contributed by atoms with Gasteiger partial charge in [0.1, 0.15) is 0 Å². The fraction of sp³-hybridized carbons (Fsp3) is 0.125. The third kappa shape index (κ3) is 3.76. The van der Waals surface area contributed by atoms with Crippen molar-refractivity contribution in [3.63, 3.8) is 0 Å². The Balaban J connectivity index is 2.09. The summed E-state index contributed by atoms with van der Waals surface area (Å²) in [6, 6.07) is 11.8. The summed E-state index contributed by atoms with van der Waals surface area (Å²) in [5, 5.41) is 13.0. The van der Waals surface area contributed by atoms with Crippen molar-refractivity contribution in [3.05, 3.63) is 53.6 Å². The summed E-state index contributed by atoms with van der Waals surface area (Å²) >= 11 is 0. The minimum atomic E-state index is -0.979. The zero-order valence-corrected chi connectivity index (χ0v) is 12.2. The number of carboxylic acid groups (broad SMARTS) is 1. The first-order chi connectivity index (χ1) is 10.6. The topological polar surface area (TPSA) is 80.2 Å². The molecular weight excluding hydrogens is 284 g/mol. The van der Waals surface area contributed by atoms with Crippen molar-refractivity contribution in [2.75, 3.05) is 19.6 Å². The van der Waals surface area contributed by atoms with Crippen molar-refractivity contribution in [3.8, 4) is 11.5 Å². The number of carboxylic acids is 1. The summed E-state index contributed by atoms with van der Waals surface area (Å²) in [5.74, 6) is 0.272. The molecule has 0 aliphatic heterocycles. The highest BCUT2D eigenvalue weighted by Gasteiger charge is 2.04. The highest BCUT2D eigenvalue weighted by molar-refractivity contribution is 5.89. The quantitative estimate of drug-likeness (QED) is 0.633. The van der Waals surface area contributed by atoms with E-state index in [4.69, 9.17) is 14.6 Å². The zero-order valence-electron chi connectivity index (χ0n) is 12.2. The van der Waals surface area contributed by atoms with E-state index >= 15 is 0 Å². The van der Waals surface area contributed by atoms with Gasteiger partial charge in [0.2, 0.25) is 0 Å². The molecule has 0 aromatic heterocycles. The van der Waals surface area contributed by atoms with Crippen molar-refractivity contribution >= 4 is 17.9 Å². The van der Waals surface area contributed by atoms with E-state index in [9.17, 15) is 4.79 Å². The summed E-state index contributed by atoms with van der Waals surface area (Å²) in [5.41, 5.74) is 4.40. The molecule has 6 nitrogen and oxygen atoms in total. The van der Waals surface area contributed by atoms with E-state index in [2.05, 4.69) is 10.5 Å². The molecule has 2 rings (SSSR count). The van der Waals surface area contributed by atoms with Crippen LogP contribution in [-0.4, -0.2) is 31.5 Å². The second kappa shape index (κ2) is 7.12. The summed E-state index contributed by atoms with van der Waals surface area (Å²) in [7, 11) is 3.14. The van der Waals surface area contributed by atoms with Gasteiger partial charge in [-0.1, -0.05) is 6.07 Å². The van der Waals surface area contributed by atoms with Crippen LogP contribution in [0.15, 0.2) is 47.6 Å². The molecule has 0 aliphatic rings. The molecule has 0 heterocycles. The van der Waals surface area contributed by atoms with Gasteiger partial charge in [-0.15, -0.1) is 0 Å². The molecule has 0 radical (unpaired) electrons. The number of hydrogen-bond acceptors (Lipinski definition) is 5. The molecular formula is C16H16N2O4. The minimum absolute atomic E-state index is 0.200. The van der Waals surface area contributed by atoms with Crippen LogP contribution in [-0.2, 0) is 0 Å². The van der Waals surface area contributed by atoms with Crippen LogP contribution >= 0.6 is 0 Å². The number of nitrogens with zero attached hydrogens (tertiary/aromatic N) is 1. The second-order valence-corrected chi connectivity index (χ2v) is 4.37. The van der Waals surface area contributed by atoms with Crippen LogP contribution in [0.1, 0.15) is 15.9 Å². The van der Waals surface area contributed by atoms with Crippen LogP contribution in [0, 0.1) is 0 Å². The number of nitrogens with one attached hydrogen (secondary N) is 1. The van der Waals surface area contributed by atoms with Gasteiger partial charge >= 0.3 is 5.97 Å². The molecule has 0 bridgehead atoms. The largest absolute Gasteiger partial charge is 0.493 e. The molecule has 0 saturated carbocycles. The highest BCUT2D eigenvalue weighted by atomic mass is 16.5. The van der Waals surface area contributed by atoms with Crippen molar-refractivity contribution in [2.45, 2.75) is 0 Å². The predicted octanol–water partition coefficient (Wildman–Crippen LogP) is 2.85. The average molecular weight is 300 g/mol. The van der Waals surface area contributed by atoms with Gasteiger partial charge in [0.25, 0.3) is 0 Å². The second-order valence-electron chi connectivity index (χ2n) is 4.37. The first kappa shape index (κ1) is 15.4. The summed E-state index contributed by atoms with van der Waals surface area (Å²) < 4.78 is 10.4. The fourth-order valence-electron chi connectivity index (χ4n) is 1.84. The van der Waals surface area contributed by atoms with E-state index in [0.29, 0.717) is 17.2 Å². The molecule has 22 heavy (non-hydrogen) atoms. The number of hydrazone groups is 1. The number of anilines is 1. The molecule has 114 valence electrons. The van der Waals surface area contributed by atoms with Gasteiger partial charge in [-0.2, -0.15) is 5.10 Å². The molecule has 0 spiro atoms. The van der Waals surface area contributed by atoms with Crippen LogP contribution in [0.3, 0.4) is 0 Å². The number of ether oxygens (including phenoxy) is 2. The molecule has 2 N–H and O–H groups in total. The Morgan fingerprint density at radius 2 is 1.91 bits per heavy atom. The third-order valence-electron chi connectivity index (χ3n) is 2.92. The van der Waals surface area contributed by atoms with Crippen molar-refractivity contribution in [1.29, 1.82) is 0 Å². The highest BCUT2D eigenvalue weighted by Crippen LogP contribution is 2.26. The van der Waals surface area contributed by atoms with Gasteiger partial charge < -0.3 is 14.6 Å². The van der Waals surface area contributed by atoms with Gasteiger partial charge in [-0.05, 0) is 42.0 Å². The van der Waals surface area contributed by atoms with Gasteiger partial charge in [-0.3, -0.25) is 5.43 Å². The van der Waals surface area contributed by atoms with Crippen LogP contribution in [0.5, 0.6) is 11.5 Å². The van der Waals surface area contributed by atoms with Gasteiger partial charge in [0.05, 0.1) is 31.7 Å². The normalized spacial score (nSPS) is 10.5. The average Bonchev–Trinajstić information content (AvgIpc) is 2.55. The zero-order chi connectivity index (χ0) is 15.9. The van der Waals surface area contributed by atoms with Crippen LogP contribution in [0.2, 0.25) is 0 Å². The monoisotopic (exact) mass is 300 g/mol. The van der Waals surface area contributed by atoms with Crippen LogP contribution in [0.4, 0.5) is 5.69 Å². The SMILES string of the molecule is COc1ccc(C=NNc2cccc(C(=O)O)c2)cc1OC. The first-order valence-electron chi connectivity index (χ1n) is 6.48. The molecule has 0 atom stereocenters. The first-order valence-corrected chi connectivity index (χ1v) is 6.48. The lowest BCUT2D eigenvalue weighted by Gasteiger charge is -2.07. The lowest BCUT2D eigenvalue weighted by atomic mass is 10.2. The van der Waals surface area contributed by atoms with E-state index in [1.54, 1.807) is 44.7 Å². The van der Waals surface area contributed by atoms with Crippen LogP contribution < -0.4 is 14.9 Å². The number of aromatic carboxylic acids is 1. The molecule has 2 aromatic rings. The Kier molecular flexibility index (Phi) is 4.98. The predicted molar refractivity (Wildman–Crippen MR) is 84.2 cm³/mol. The Morgan fingerprint density at radius 3 is 2.59 bits per heavy atom. The standard InChI is InChI=1S/C16H16N2O4/c1-21-14-7-6-11(8-15(14)22-2)10-17-18-13-5-3-4-12(9-13)16(19)20/h3-10,18H,1-2H3,(H,19,20). The summed E-state index contributed by atoms with van der Waals surface area (Å²) in [6.07, 6.45) is 1.61. The van der Waals surface area contributed by atoms with E-state index in [1.807, 2.05) is 6.07 Å². The number of carbonyl (C=O) groups is 1. The molecule has 6 heteroatoms. The van der Waals surface area contributed by atoms with Crippen molar-refractivity contribution < 1.29 is 19.4 Å². The minimum Gasteiger partial charge on any atom is -0.493 e. The Morgan fingerprint density at radius 1 is 1.14 bits per heavy atom. The third-order valence-corrected chi connectivity index (χ3v) is 2.92. The van der Waals surface area contributed by atoms with E-state index in [1.165, 1.54) is 12.1 Å². The number of benzene rings is 2. The number of methoxy groups -OCH3 is 2. The van der Waals surface area contributed by atoms with Crippen molar-refractivity contribution in [2.24, 2.45) is 5.10 Å². The number of rotatable bonds is 6. The summed E-state index contributed by atoms with van der Waals surface area (Å²) in [6.45, 7) is 0. The van der Waals surface area contributed by atoms with Gasteiger partial charge in [0, 0.05) is 0 Å². The molecule has 0 amide bonds. The molecule has 0 saturated heterocycles. The Hall–Kier alpha value is -3.02. The maximum Gasteiger partial charge on any atom is 0.335 e. The molecule has 0 aliphatic carbocycles. The maximum atomic E-state index is 10.9. The molecule has 2 aromatic carbocycles. The maximum absolute atomic E-state index is 10.9. The van der Waals surface area contributed by atoms with Crippen molar-refractivity contribution in [1.82, 2.24) is 0 Å². The van der Waals surface area contributed by atoms with Gasteiger partial charge in [-0.25, -0.2) is 4.79 Å². The number of hydrogen-bond donors (Lipinski definition) is 2. The molecule has 0 fully saturated rings. The lowest BCUT2D eigenvalue weighted by Crippen LogP contribution is -1.98. The van der Waals surface area contributed by atoms with Crippen LogP contribution in [0.25, 0.3) is 0 Å². The fourth-order valence-corrected chi connectivity index (χ4v) is 1.84. The smallest absolute Gasteiger partial charge is 0.335 e. The van der Waals surface area contributed by atoms with E-state index < -0.39 is 5.97 Å².